The quantitative estimate of drug-likeness (QED) is 0.780. The van der Waals surface area contributed by atoms with E-state index in [1.165, 1.54) is 24.3 Å². The van der Waals surface area contributed by atoms with Crippen molar-refractivity contribution in [2.24, 2.45) is 5.92 Å². The number of carbonyl (C=O) groups is 1. The van der Waals surface area contributed by atoms with Crippen LogP contribution in [0.2, 0.25) is 0 Å². The molecular weight excluding hydrogens is 208 g/mol. The lowest BCUT2D eigenvalue weighted by molar-refractivity contribution is -0.128. The van der Waals surface area contributed by atoms with E-state index in [0.29, 0.717) is 0 Å². The highest BCUT2D eigenvalue weighted by atomic mass is 32.2. The van der Waals surface area contributed by atoms with Crippen LogP contribution in [0.1, 0.15) is 19.3 Å². The van der Waals surface area contributed by atoms with Crippen LogP contribution in [0.5, 0.6) is 0 Å². The smallest absolute Gasteiger partial charge is 0.239 e. The van der Waals surface area contributed by atoms with E-state index >= 15 is 0 Å². The van der Waals surface area contributed by atoms with Gasteiger partial charge in [-0.15, -0.1) is 0 Å². The molecular formula is C11H20N2OS. The second-order valence-corrected chi connectivity index (χ2v) is 5.79. The van der Waals surface area contributed by atoms with E-state index in [4.69, 9.17) is 0 Å². The molecule has 2 rings (SSSR count). The molecule has 0 saturated carbocycles. The highest BCUT2D eigenvalue weighted by molar-refractivity contribution is 7.99. The first kappa shape index (κ1) is 11.3. The lowest BCUT2D eigenvalue weighted by Crippen LogP contribution is -2.39. The van der Waals surface area contributed by atoms with E-state index in [2.05, 4.69) is 17.1 Å². The zero-order valence-electron chi connectivity index (χ0n) is 9.37. The van der Waals surface area contributed by atoms with E-state index in [0.717, 1.165) is 25.4 Å². The number of hydrogen-bond acceptors (Lipinski definition) is 3. The minimum atomic E-state index is 0.101. The zero-order valence-corrected chi connectivity index (χ0v) is 10.2. The number of rotatable bonds is 3. The number of thioether (sulfide) groups is 1. The highest BCUT2D eigenvalue weighted by Crippen LogP contribution is 2.22. The van der Waals surface area contributed by atoms with Crippen molar-refractivity contribution in [3.8, 4) is 0 Å². The first-order chi connectivity index (χ1) is 7.27. The molecule has 0 aromatic heterocycles. The van der Waals surface area contributed by atoms with Gasteiger partial charge in [-0.2, -0.15) is 11.8 Å². The fourth-order valence-electron chi connectivity index (χ4n) is 2.27. The standard InChI is InChI=1S/C11H20N2OS/c1-13-5-2-10(11(13)14)12-8-9-3-6-15-7-4-9/h9-10,12H,2-8H2,1H3. The molecule has 0 spiro atoms. The van der Waals surface area contributed by atoms with Gasteiger partial charge in [-0.05, 0) is 43.2 Å². The molecule has 0 aliphatic carbocycles. The summed E-state index contributed by atoms with van der Waals surface area (Å²) in [6.07, 6.45) is 3.61. The Morgan fingerprint density at radius 1 is 1.40 bits per heavy atom. The molecule has 1 amide bonds. The van der Waals surface area contributed by atoms with E-state index in [1.54, 1.807) is 0 Å². The topological polar surface area (TPSA) is 32.3 Å². The van der Waals surface area contributed by atoms with Gasteiger partial charge in [0.2, 0.25) is 5.91 Å². The van der Waals surface area contributed by atoms with Crippen LogP contribution in [-0.4, -0.2) is 48.5 Å². The molecule has 1 atom stereocenters. The van der Waals surface area contributed by atoms with Crippen molar-refractivity contribution in [3.63, 3.8) is 0 Å². The third-order valence-corrected chi connectivity index (χ3v) is 4.47. The van der Waals surface area contributed by atoms with Crippen molar-refractivity contribution in [1.29, 1.82) is 0 Å². The Labute approximate surface area is 96.0 Å². The van der Waals surface area contributed by atoms with E-state index in [9.17, 15) is 4.79 Å². The lowest BCUT2D eigenvalue weighted by atomic mass is 10.0. The van der Waals surface area contributed by atoms with Crippen LogP contribution >= 0.6 is 11.8 Å². The summed E-state index contributed by atoms with van der Waals surface area (Å²) in [6, 6.07) is 0.101. The first-order valence-electron chi connectivity index (χ1n) is 5.83. The summed E-state index contributed by atoms with van der Waals surface area (Å²) in [5.74, 6) is 3.67. The van der Waals surface area contributed by atoms with Crippen molar-refractivity contribution < 1.29 is 4.79 Å². The van der Waals surface area contributed by atoms with Gasteiger partial charge in [0.15, 0.2) is 0 Å². The largest absolute Gasteiger partial charge is 0.344 e. The van der Waals surface area contributed by atoms with Crippen molar-refractivity contribution in [3.05, 3.63) is 0 Å². The summed E-state index contributed by atoms with van der Waals surface area (Å²) in [5, 5.41) is 3.43. The SMILES string of the molecule is CN1CCC(NCC2CCSCC2)C1=O. The van der Waals surface area contributed by atoms with Gasteiger partial charge in [0, 0.05) is 13.6 Å². The normalized spacial score (nSPS) is 28.7. The average Bonchev–Trinajstić information content (AvgIpc) is 2.59. The maximum Gasteiger partial charge on any atom is 0.239 e. The Balaban J connectivity index is 1.71. The van der Waals surface area contributed by atoms with Crippen LogP contribution < -0.4 is 5.32 Å². The lowest BCUT2D eigenvalue weighted by Gasteiger charge is -2.23. The van der Waals surface area contributed by atoms with Gasteiger partial charge in [-0.25, -0.2) is 0 Å². The molecule has 2 heterocycles. The molecule has 4 heteroatoms. The minimum absolute atomic E-state index is 0.101. The van der Waals surface area contributed by atoms with Crippen LogP contribution in [0.3, 0.4) is 0 Å². The van der Waals surface area contributed by atoms with Crippen LogP contribution in [0.25, 0.3) is 0 Å². The molecule has 0 radical (unpaired) electrons. The number of nitrogens with zero attached hydrogens (tertiary/aromatic N) is 1. The van der Waals surface area contributed by atoms with Crippen molar-refractivity contribution in [2.45, 2.75) is 25.3 Å². The van der Waals surface area contributed by atoms with Gasteiger partial charge >= 0.3 is 0 Å². The molecule has 2 fully saturated rings. The maximum absolute atomic E-state index is 11.6. The van der Waals surface area contributed by atoms with Crippen LogP contribution in [0, 0.1) is 5.92 Å². The van der Waals surface area contributed by atoms with Gasteiger partial charge < -0.3 is 10.2 Å². The zero-order chi connectivity index (χ0) is 10.7. The van der Waals surface area contributed by atoms with Gasteiger partial charge in [0.25, 0.3) is 0 Å². The molecule has 2 aliphatic rings. The predicted octanol–water partition coefficient (Wildman–Crippen LogP) is 0.950. The van der Waals surface area contributed by atoms with E-state index in [-0.39, 0.29) is 11.9 Å². The van der Waals surface area contributed by atoms with Gasteiger partial charge in [0.1, 0.15) is 0 Å². The number of nitrogens with one attached hydrogen (secondary N) is 1. The Hall–Kier alpha value is -0.220. The summed E-state index contributed by atoms with van der Waals surface area (Å²) >= 11 is 2.05. The molecule has 2 aliphatic heterocycles. The molecule has 0 bridgehead atoms. The number of likely N-dealkylation sites (tertiary alicyclic amines) is 1. The third kappa shape index (κ3) is 2.88. The first-order valence-corrected chi connectivity index (χ1v) is 6.99. The Bertz CT molecular complexity index is 229. The van der Waals surface area contributed by atoms with Gasteiger partial charge in [-0.1, -0.05) is 0 Å². The van der Waals surface area contributed by atoms with Crippen molar-refractivity contribution in [2.75, 3.05) is 31.6 Å². The number of amides is 1. The molecule has 3 nitrogen and oxygen atoms in total. The van der Waals surface area contributed by atoms with E-state index < -0.39 is 0 Å². The number of carbonyl (C=O) groups excluding carboxylic acids is 1. The summed E-state index contributed by atoms with van der Waals surface area (Å²) < 4.78 is 0. The Morgan fingerprint density at radius 2 is 2.13 bits per heavy atom. The van der Waals surface area contributed by atoms with Crippen LogP contribution in [0.4, 0.5) is 0 Å². The number of hydrogen-bond donors (Lipinski definition) is 1. The molecule has 2 saturated heterocycles. The van der Waals surface area contributed by atoms with Crippen molar-refractivity contribution in [1.82, 2.24) is 10.2 Å². The predicted molar refractivity (Wildman–Crippen MR) is 64.1 cm³/mol. The minimum Gasteiger partial charge on any atom is -0.344 e. The average molecular weight is 228 g/mol. The van der Waals surface area contributed by atoms with E-state index in [1.807, 2.05) is 11.9 Å². The summed E-state index contributed by atoms with van der Waals surface area (Å²) in [7, 11) is 1.89. The fourth-order valence-corrected chi connectivity index (χ4v) is 3.48. The maximum atomic E-state index is 11.6. The second kappa shape index (κ2) is 5.21. The van der Waals surface area contributed by atoms with Crippen LogP contribution in [0.15, 0.2) is 0 Å². The van der Waals surface area contributed by atoms with Crippen molar-refractivity contribution >= 4 is 17.7 Å². The molecule has 0 aromatic carbocycles. The summed E-state index contributed by atoms with van der Waals surface area (Å²) in [5.41, 5.74) is 0. The van der Waals surface area contributed by atoms with Crippen LogP contribution in [-0.2, 0) is 4.79 Å². The molecule has 1 N–H and O–H groups in total. The molecule has 1 unspecified atom stereocenters. The number of likely N-dealkylation sites (N-methyl/N-ethyl adjacent to an activating group) is 1. The third-order valence-electron chi connectivity index (χ3n) is 3.42. The van der Waals surface area contributed by atoms with Gasteiger partial charge in [-0.3, -0.25) is 4.79 Å². The Morgan fingerprint density at radius 3 is 2.73 bits per heavy atom. The molecule has 0 aromatic rings. The molecule has 86 valence electrons. The van der Waals surface area contributed by atoms with Gasteiger partial charge in [0.05, 0.1) is 6.04 Å². The second-order valence-electron chi connectivity index (χ2n) is 4.57. The molecule has 15 heavy (non-hydrogen) atoms. The highest BCUT2D eigenvalue weighted by Gasteiger charge is 2.29. The summed E-state index contributed by atoms with van der Waals surface area (Å²) in [4.78, 5) is 13.5. The fraction of sp³-hybridized carbons (Fsp3) is 0.909. The summed E-state index contributed by atoms with van der Waals surface area (Å²) in [6.45, 7) is 1.95. The monoisotopic (exact) mass is 228 g/mol. The Kier molecular flexibility index (Phi) is 3.92.